The van der Waals surface area contributed by atoms with E-state index in [1.54, 1.807) is 23.4 Å². The molecule has 2 amide bonds. The largest absolute Gasteiger partial charge is 0.394 e. The number of nitrogens with zero attached hydrogens (tertiary/aromatic N) is 3. The van der Waals surface area contributed by atoms with Gasteiger partial charge in [-0.15, -0.1) is 0 Å². The summed E-state index contributed by atoms with van der Waals surface area (Å²) in [6, 6.07) is 10.5. The van der Waals surface area contributed by atoms with Gasteiger partial charge in [0.2, 0.25) is 21.8 Å². The molecule has 2 unspecified atom stereocenters. The van der Waals surface area contributed by atoms with Crippen molar-refractivity contribution in [2.75, 3.05) is 32.8 Å². The quantitative estimate of drug-likeness (QED) is 0.148. The van der Waals surface area contributed by atoms with Crippen molar-refractivity contribution in [3.8, 4) is 0 Å². The fourth-order valence-electron chi connectivity index (χ4n) is 5.23. The van der Waals surface area contributed by atoms with Gasteiger partial charge in [0.15, 0.2) is 0 Å². The Balaban J connectivity index is 1.32. The van der Waals surface area contributed by atoms with E-state index in [1.807, 2.05) is 29.2 Å². The number of hydrogen-bond acceptors (Lipinski definition) is 7. The van der Waals surface area contributed by atoms with Crippen LogP contribution in [0.1, 0.15) is 32.1 Å². The summed E-state index contributed by atoms with van der Waals surface area (Å²) in [7, 11) is -4.05. The summed E-state index contributed by atoms with van der Waals surface area (Å²) in [6.07, 6.45) is 5.22. The molecule has 2 saturated heterocycles. The van der Waals surface area contributed by atoms with Crippen molar-refractivity contribution in [1.82, 2.24) is 19.8 Å². The standard InChI is InChI=1S/C26H36N6O5S/c27-29-18-31-12-9-19(10-13-31)14-25(34)28-16-22-6-3-11-32(22)26(35)24(17-33)30-38(36,37)23-8-7-20-4-1-2-5-21(20)15-23/h1-2,4-5,7-8,15,18-19,22,24,30,33H,3,6,9-14,16-17,27H2,(H,28,34). The molecule has 0 radical (unpaired) electrons. The average Bonchev–Trinajstić information content (AvgIpc) is 3.40. The van der Waals surface area contributed by atoms with E-state index in [0.717, 1.165) is 43.1 Å². The van der Waals surface area contributed by atoms with Crippen molar-refractivity contribution in [3.63, 3.8) is 0 Å². The van der Waals surface area contributed by atoms with Gasteiger partial charge in [-0.25, -0.2) is 8.42 Å². The number of carbonyl (C=O) groups is 2. The molecule has 2 aliphatic heterocycles. The van der Waals surface area contributed by atoms with Crippen molar-refractivity contribution >= 4 is 38.9 Å². The topological polar surface area (TPSA) is 157 Å². The minimum absolute atomic E-state index is 0.0221. The number of fused-ring (bicyclic) bond motifs is 1. The fraction of sp³-hybridized carbons (Fsp3) is 0.500. The van der Waals surface area contributed by atoms with Crippen LogP contribution in [0.4, 0.5) is 0 Å². The van der Waals surface area contributed by atoms with E-state index < -0.39 is 28.6 Å². The van der Waals surface area contributed by atoms with Gasteiger partial charge in [-0.1, -0.05) is 30.3 Å². The molecule has 206 valence electrons. The normalized spacial score (nSPS) is 19.8. The number of carbonyl (C=O) groups excluding carboxylic acids is 2. The van der Waals surface area contributed by atoms with Gasteiger partial charge in [-0.3, -0.25) is 9.59 Å². The van der Waals surface area contributed by atoms with Gasteiger partial charge in [-0.2, -0.15) is 9.82 Å². The average molecular weight is 545 g/mol. The molecule has 2 aliphatic rings. The second-order valence-corrected chi connectivity index (χ2v) is 11.7. The Morgan fingerprint density at radius 1 is 1.11 bits per heavy atom. The summed E-state index contributed by atoms with van der Waals surface area (Å²) in [5, 5.41) is 18.1. The summed E-state index contributed by atoms with van der Waals surface area (Å²) >= 11 is 0. The van der Waals surface area contributed by atoms with Gasteiger partial charge in [0.05, 0.1) is 11.5 Å². The highest BCUT2D eigenvalue weighted by atomic mass is 32.2. The predicted molar refractivity (Wildman–Crippen MR) is 144 cm³/mol. The highest BCUT2D eigenvalue weighted by Gasteiger charge is 2.35. The molecule has 0 aromatic heterocycles. The van der Waals surface area contributed by atoms with Crippen LogP contribution in [0, 0.1) is 5.92 Å². The van der Waals surface area contributed by atoms with Crippen LogP contribution in [-0.4, -0.2) is 86.3 Å². The zero-order valence-electron chi connectivity index (χ0n) is 21.3. The van der Waals surface area contributed by atoms with E-state index in [1.165, 1.54) is 6.07 Å². The number of piperidine rings is 1. The van der Waals surface area contributed by atoms with Crippen LogP contribution in [0.5, 0.6) is 0 Å². The van der Waals surface area contributed by atoms with Gasteiger partial charge >= 0.3 is 0 Å². The lowest BCUT2D eigenvalue weighted by Gasteiger charge is -2.30. The predicted octanol–water partition coefficient (Wildman–Crippen LogP) is 0.590. The Labute approximate surface area is 223 Å². The van der Waals surface area contributed by atoms with Crippen molar-refractivity contribution < 1.29 is 23.1 Å². The van der Waals surface area contributed by atoms with E-state index in [-0.39, 0.29) is 22.8 Å². The number of likely N-dealkylation sites (tertiary alicyclic amines) is 2. The van der Waals surface area contributed by atoms with Gasteiger partial charge in [0.25, 0.3) is 0 Å². The van der Waals surface area contributed by atoms with Crippen LogP contribution in [-0.2, 0) is 19.6 Å². The van der Waals surface area contributed by atoms with Gasteiger partial charge in [-0.05, 0) is 54.5 Å². The number of amides is 2. The molecule has 4 rings (SSSR count). The number of benzene rings is 2. The van der Waals surface area contributed by atoms with Gasteiger partial charge in [0.1, 0.15) is 12.4 Å². The molecule has 0 bridgehead atoms. The van der Waals surface area contributed by atoms with E-state index in [2.05, 4.69) is 15.1 Å². The van der Waals surface area contributed by atoms with Gasteiger partial charge in [0, 0.05) is 38.6 Å². The Kier molecular flexibility index (Phi) is 9.18. The number of aliphatic hydroxyl groups is 1. The Hall–Kier alpha value is -3.22. The highest BCUT2D eigenvalue weighted by Crippen LogP contribution is 2.22. The molecule has 11 nitrogen and oxygen atoms in total. The lowest BCUT2D eigenvalue weighted by molar-refractivity contribution is -0.135. The maximum absolute atomic E-state index is 13.3. The first kappa shape index (κ1) is 27.8. The Bertz CT molecular complexity index is 1260. The SMILES string of the molecule is NN=CN1CCC(CC(=O)NCC2CCCN2C(=O)C(CO)NS(=O)(=O)c2ccc3ccccc3c2)CC1. The minimum atomic E-state index is -4.05. The number of nitrogens with two attached hydrogens (primary N) is 1. The zero-order valence-corrected chi connectivity index (χ0v) is 22.1. The monoisotopic (exact) mass is 544 g/mol. The molecule has 2 atom stereocenters. The van der Waals surface area contributed by atoms with E-state index in [4.69, 9.17) is 5.84 Å². The van der Waals surface area contributed by atoms with E-state index in [9.17, 15) is 23.1 Å². The Morgan fingerprint density at radius 2 is 1.84 bits per heavy atom. The first-order chi connectivity index (χ1) is 18.3. The molecule has 12 heteroatoms. The third-order valence-electron chi connectivity index (χ3n) is 7.36. The number of nitrogens with one attached hydrogen (secondary N) is 2. The molecule has 0 aliphatic carbocycles. The maximum atomic E-state index is 13.3. The van der Waals surface area contributed by atoms with Gasteiger partial charge < -0.3 is 26.1 Å². The number of hydrazone groups is 1. The summed E-state index contributed by atoms with van der Waals surface area (Å²) in [5.41, 5.74) is 0. The second-order valence-electron chi connectivity index (χ2n) is 9.95. The molecular formula is C26H36N6O5S. The summed E-state index contributed by atoms with van der Waals surface area (Å²) in [5.74, 6) is 4.92. The van der Waals surface area contributed by atoms with Crippen LogP contribution in [0.15, 0.2) is 52.5 Å². The molecule has 5 N–H and O–H groups in total. The lowest BCUT2D eigenvalue weighted by Crippen LogP contribution is -2.53. The highest BCUT2D eigenvalue weighted by molar-refractivity contribution is 7.89. The molecular weight excluding hydrogens is 508 g/mol. The van der Waals surface area contributed by atoms with Crippen molar-refractivity contribution in [2.45, 2.75) is 49.1 Å². The molecule has 2 aromatic rings. The van der Waals surface area contributed by atoms with Crippen LogP contribution >= 0.6 is 0 Å². The molecule has 2 heterocycles. The molecule has 38 heavy (non-hydrogen) atoms. The second kappa shape index (κ2) is 12.5. The zero-order chi connectivity index (χ0) is 27.1. The summed E-state index contributed by atoms with van der Waals surface area (Å²) in [6.45, 7) is 1.67. The molecule has 0 saturated carbocycles. The van der Waals surface area contributed by atoms with E-state index in [0.29, 0.717) is 25.9 Å². The minimum Gasteiger partial charge on any atom is -0.394 e. The van der Waals surface area contributed by atoms with E-state index >= 15 is 0 Å². The van der Waals surface area contributed by atoms with Crippen LogP contribution < -0.4 is 15.9 Å². The summed E-state index contributed by atoms with van der Waals surface area (Å²) < 4.78 is 28.5. The van der Waals surface area contributed by atoms with Crippen molar-refractivity contribution in [2.24, 2.45) is 16.9 Å². The number of hydrogen-bond donors (Lipinski definition) is 4. The maximum Gasteiger partial charge on any atom is 0.243 e. The van der Waals surface area contributed by atoms with Crippen LogP contribution in [0.3, 0.4) is 0 Å². The van der Waals surface area contributed by atoms with Crippen LogP contribution in [0.2, 0.25) is 0 Å². The first-order valence-electron chi connectivity index (χ1n) is 13.0. The first-order valence-corrected chi connectivity index (χ1v) is 14.5. The summed E-state index contributed by atoms with van der Waals surface area (Å²) in [4.78, 5) is 29.4. The lowest BCUT2D eigenvalue weighted by atomic mass is 9.93. The third-order valence-corrected chi connectivity index (χ3v) is 8.83. The van der Waals surface area contributed by atoms with Crippen molar-refractivity contribution in [1.29, 1.82) is 0 Å². The van der Waals surface area contributed by atoms with Crippen molar-refractivity contribution in [3.05, 3.63) is 42.5 Å². The number of sulfonamides is 1. The molecule has 2 fully saturated rings. The third kappa shape index (κ3) is 6.80. The number of aliphatic hydroxyl groups excluding tert-OH is 1. The number of rotatable bonds is 10. The molecule has 0 spiro atoms. The smallest absolute Gasteiger partial charge is 0.243 e. The fourth-order valence-corrected chi connectivity index (χ4v) is 6.44. The Morgan fingerprint density at radius 3 is 2.55 bits per heavy atom. The molecule has 2 aromatic carbocycles. The van der Waals surface area contributed by atoms with Crippen LogP contribution in [0.25, 0.3) is 10.8 Å².